The van der Waals surface area contributed by atoms with Crippen LogP contribution in [0, 0.1) is 0 Å². The van der Waals surface area contributed by atoms with E-state index in [9.17, 15) is 29.1 Å². The van der Waals surface area contributed by atoms with E-state index < -0.39 is 59.9 Å². The van der Waals surface area contributed by atoms with E-state index in [1.165, 1.54) is 6.92 Å². The van der Waals surface area contributed by atoms with Crippen molar-refractivity contribution in [2.24, 2.45) is 11.5 Å². The minimum atomic E-state index is -1.48. The van der Waals surface area contributed by atoms with Crippen molar-refractivity contribution in [1.82, 2.24) is 16.0 Å². The van der Waals surface area contributed by atoms with Crippen LogP contribution in [-0.4, -0.2) is 87.5 Å². The Morgan fingerprint density at radius 1 is 0.906 bits per heavy atom. The van der Waals surface area contributed by atoms with Crippen molar-refractivity contribution in [3.05, 3.63) is 0 Å². The number of rotatable bonds is 16. The third-order valence-corrected chi connectivity index (χ3v) is 4.81. The molecule has 0 aliphatic heterocycles. The normalized spacial score (nSPS) is 15.5. The molecule has 0 aromatic rings. The predicted octanol–water partition coefficient (Wildman–Crippen LogP) is -2.84. The number of carboxylic acids is 2. The molecule has 0 aromatic heterocycles. The highest BCUT2D eigenvalue weighted by atomic mass is 32.1. The molecule has 0 rings (SSSR count). The third kappa shape index (κ3) is 11.3. The van der Waals surface area contributed by atoms with Gasteiger partial charge in [0.2, 0.25) is 17.7 Å². The van der Waals surface area contributed by atoms with Crippen LogP contribution in [0.2, 0.25) is 0 Å². The van der Waals surface area contributed by atoms with Gasteiger partial charge in [0.1, 0.15) is 18.1 Å². The summed E-state index contributed by atoms with van der Waals surface area (Å²) >= 11 is 3.87. The summed E-state index contributed by atoms with van der Waals surface area (Å²) in [5, 5.41) is 34.6. The lowest BCUT2D eigenvalue weighted by atomic mass is 10.1. The lowest BCUT2D eigenvalue weighted by molar-refractivity contribution is -0.142. The monoisotopic (exact) mass is 479 g/mol. The Labute approximate surface area is 191 Å². The van der Waals surface area contributed by atoms with Crippen LogP contribution >= 0.6 is 12.6 Å². The molecule has 0 bridgehead atoms. The lowest BCUT2D eigenvalue weighted by Gasteiger charge is -2.26. The quantitative estimate of drug-likeness (QED) is 0.0812. The Kier molecular flexibility index (Phi) is 14.2. The Morgan fingerprint density at radius 3 is 1.97 bits per heavy atom. The van der Waals surface area contributed by atoms with Gasteiger partial charge in [0, 0.05) is 12.2 Å². The van der Waals surface area contributed by atoms with Gasteiger partial charge in [-0.25, -0.2) is 4.79 Å². The number of aliphatic hydroxyl groups is 1. The zero-order valence-electron chi connectivity index (χ0n) is 17.8. The summed E-state index contributed by atoms with van der Waals surface area (Å²) in [7, 11) is 0. The fraction of sp³-hybridized carbons (Fsp3) is 0.722. The van der Waals surface area contributed by atoms with Crippen LogP contribution in [0.5, 0.6) is 0 Å². The number of thiol groups is 1. The van der Waals surface area contributed by atoms with E-state index in [4.69, 9.17) is 21.7 Å². The van der Waals surface area contributed by atoms with Gasteiger partial charge in [0.25, 0.3) is 0 Å². The maximum atomic E-state index is 12.7. The Hall–Kier alpha value is -2.42. The van der Waals surface area contributed by atoms with Gasteiger partial charge in [0.15, 0.2) is 0 Å². The molecule has 3 amide bonds. The van der Waals surface area contributed by atoms with Gasteiger partial charge < -0.3 is 42.7 Å². The molecule has 0 saturated heterocycles. The maximum Gasteiger partial charge on any atom is 0.327 e. The molecule has 0 fully saturated rings. The van der Waals surface area contributed by atoms with Crippen molar-refractivity contribution in [3.63, 3.8) is 0 Å². The standard InChI is InChI=1S/C18H33N5O8S/c1-9(24)14(23-15(27)10(20)5-6-13(25)26)17(29)21-11(4-2-3-7-19)16(28)22-12(8-32)18(30)31/h9-12,14,24,32H,2-8,19-20H2,1H3,(H,21,29)(H,22,28)(H,23,27)(H,25,26)(H,30,31). The second kappa shape index (κ2) is 15.4. The molecule has 0 aliphatic carbocycles. The van der Waals surface area contributed by atoms with Gasteiger partial charge in [-0.3, -0.25) is 19.2 Å². The molecule has 5 unspecified atom stereocenters. The number of unbranched alkanes of at least 4 members (excludes halogenated alkanes) is 1. The van der Waals surface area contributed by atoms with Crippen LogP contribution in [0.25, 0.3) is 0 Å². The first-order chi connectivity index (χ1) is 14.9. The number of hydrogen-bond donors (Lipinski definition) is 9. The third-order valence-electron chi connectivity index (χ3n) is 4.45. The van der Waals surface area contributed by atoms with Gasteiger partial charge in [-0.05, 0) is 39.2 Å². The number of aliphatic hydroxyl groups excluding tert-OH is 1. The highest BCUT2D eigenvalue weighted by molar-refractivity contribution is 7.80. The van der Waals surface area contributed by atoms with Gasteiger partial charge in [-0.1, -0.05) is 0 Å². The minimum Gasteiger partial charge on any atom is -0.481 e. The molecule has 13 nitrogen and oxygen atoms in total. The number of amides is 3. The van der Waals surface area contributed by atoms with Crippen molar-refractivity contribution in [2.45, 2.75) is 69.3 Å². The van der Waals surface area contributed by atoms with Crippen LogP contribution in [-0.2, 0) is 24.0 Å². The average molecular weight is 480 g/mol. The van der Waals surface area contributed by atoms with Gasteiger partial charge in [0.05, 0.1) is 12.1 Å². The summed E-state index contributed by atoms with van der Waals surface area (Å²) in [4.78, 5) is 59.2. The smallest absolute Gasteiger partial charge is 0.327 e. The molecule has 5 atom stereocenters. The van der Waals surface area contributed by atoms with Crippen molar-refractivity contribution in [2.75, 3.05) is 12.3 Å². The molecular formula is C18H33N5O8S. The molecule has 0 spiro atoms. The van der Waals surface area contributed by atoms with Crippen molar-refractivity contribution < 1.29 is 39.3 Å². The van der Waals surface area contributed by atoms with E-state index in [0.717, 1.165) is 0 Å². The van der Waals surface area contributed by atoms with Crippen LogP contribution in [0.3, 0.4) is 0 Å². The molecule has 0 aromatic carbocycles. The first kappa shape index (κ1) is 29.6. The van der Waals surface area contributed by atoms with Crippen LogP contribution < -0.4 is 27.4 Å². The van der Waals surface area contributed by atoms with Crippen LogP contribution in [0.1, 0.15) is 39.0 Å². The van der Waals surface area contributed by atoms with Crippen molar-refractivity contribution >= 4 is 42.3 Å². The summed E-state index contributed by atoms with van der Waals surface area (Å²) in [5.41, 5.74) is 11.1. The molecule has 0 saturated carbocycles. The highest BCUT2D eigenvalue weighted by Gasteiger charge is 2.32. The molecular weight excluding hydrogens is 446 g/mol. The first-order valence-electron chi connectivity index (χ1n) is 10.0. The number of nitrogens with two attached hydrogens (primary N) is 2. The molecule has 0 heterocycles. The summed E-state index contributed by atoms with van der Waals surface area (Å²) < 4.78 is 0. The Bertz CT molecular complexity index is 663. The molecule has 184 valence electrons. The van der Waals surface area contributed by atoms with E-state index in [2.05, 4.69) is 28.6 Å². The molecule has 0 radical (unpaired) electrons. The summed E-state index contributed by atoms with van der Waals surface area (Å²) in [6, 6.07) is -5.15. The topological polar surface area (TPSA) is 234 Å². The Morgan fingerprint density at radius 2 is 1.50 bits per heavy atom. The number of nitrogens with one attached hydrogen (secondary N) is 3. The fourth-order valence-corrected chi connectivity index (χ4v) is 2.80. The molecule has 14 heteroatoms. The number of carbonyl (C=O) groups excluding carboxylic acids is 3. The van der Waals surface area contributed by atoms with Crippen LogP contribution in [0.15, 0.2) is 0 Å². The molecule has 10 N–H and O–H groups in total. The number of aliphatic carboxylic acids is 2. The maximum absolute atomic E-state index is 12.7. The fourth-order valence-electron chi connectivity index (χ4n) is 2.56. The summed E-state index contributed by atoms with van der Waals surface area (Å²) in [6.45, 7) is 1.58. The lowest BCUT2D eigenvalue weighted by Crippen LogP contribution is -2.59. The van der Waals surface area contributed by atoms with E-state index in [0.29, 0.717) is 19.4 Å². The van der Waals surface area contributed by atoms with E-state index >= 15 is 0 Å². The molecule has 32 heavy (non-hydrogen) atoms. The first-order valence-corrected chi connectivity index (χ1v) is 10.7. The number of carboxylic acid groups (broad SMARTS) is 2. The average Bonchev–Trinajstić information content (AvgIpc) is 2.72. The van der Waals surface area contributed by atoms with E-state index in [1.807, 2.05) is 0 Å². The van der Waals surface area contributed by atoms with Gasteiger partial charge in [-0.15, -0.1) is 0 Å². The second-order valence-electron chi connectivity index (χ2n) is 7.19. The summed E-state index contributed by atoms with van der Waals surface area (Å²) in [6.07, 6.45) is -0.795. The number of carbonyl (C=O) groups is 5. The number of hydrogen-bond acceptors (Lipinski definition) is 9. The van der Waals surface area contributed by atoms with Crippen LogP contribution in [0.4, 0.5) is 0 Å². The zero-order chi connectivity index (χ0) is 24.8. The predicted molar refractivity (Wildman–Crippen MR) is 117 cm³/mol. The van der Waals surface area contributed by atoms with Crippen molar-refractivity contribution in [1.29, 1.82) is 0 Å². The van der Waals surface area contributed by atoms with Gasteiger partial charge >= 0.3 is 11.9 Å². The SMILES string of the molecule is CC(O)C(NC(=O)C(N)CCC(=O)O)C(=O)NC(CCCCN)C(=O)NC(CS)C(=O)O. The zero-order valence-corrected chi connectivity index (χ0v) is 18.7. The largest absolute Gasteiger partial charge is 0.481 e. The van der Waals surface area contributed by atoms with Gasteiger partial charge in [-0.2, -0.15) is 12.6 Å². The van der Waals surface area contributed by atoms with E-state index in [-0.39, 0.29) is 25.0 Å². The van der Waals surface area contributed by atoms with E-state index in [1.54, 1.807) is 0 Å². The highest BCUT2D eigenvalue weighted by Crippen LogP contribution is 2.05. The van der Waals surface area contributed by atoms with Crippen molar-refractivity contribution in [3.8, 4) is 0 Å². The Balaban J connectivity index is 5.30. The minimum absolute atomic E-state index is 0.131. The summed E-state index contributed by atoms with van der Waals surface area (Å²) in [5.74, 6) is -5.15. The second-order valence-corrected chi connectivity index (χ2v) is 7.56. The molecule has 0 aliphatic rings.